The number of hydrogen-bond acceptors (Lipinski definition) is 4. The van der Waals surface area contributed by atoms with Crippen LogP contribution in [0.3, 0.4) is 0 Å². The first-order chi connectivity index (χ1) is 12.7. The van der Waals surface area contributed by atoms with Gasteiger partial charge in [0.15, 0.2) is 5.96 Å². The lowest BCUT2D eigenvalue weighted by molar-refractivity contribution is -0.132. The van der Waals surface area contributed by atoms with Crippen molar-refractivity contribution in [1.29, 1.82) is 0 Å². The Bertz CT molecular complexity index is 545. The molecule has 2 N–H and O–H groups in total. The summed E-state index contributed by atoms with van der Waals surface area (Å²) in [6.45, 7) is 6.50. The molecule has 1 saturated heterocycles. The first kappa shape index (κ1) is 20.3. The van der Waals surface area contributed by atoms with Crippen molar-refractivity contribution in [2.75, 3.05) is 39.8 Å². The molecule has 2 heterocycles. The van der Waals surface area contributed by atoms with Crippen molar-refractivity contribution in [3.63, 3.8) is 0 Å². The molecule has 7 heteroatoms. The SMILES string of the molecule is CN=C(NCCCOCc1ccco1)NCCC(=O)N1CCCC(C)C1. The number of nitrogens with one attached hydrogen (secondary N) is 2. The van der Waals surface area contributed by atoms with Gasteiger partial charge in [-0.1, -0.05) is 6.92 Å². The predicted molar refractivity (Wildman–Crippen MR) is 102 cm³/mol. The molecule has 26 heavy (non-hydrogen) atoms. The van der Waals surface area contributed by atoms with Crippen LogP contribution in [0, 0.1) is 5.92 Å². The van der Waals surface area contributed by atoms with Crippen molar-refractivity contribution in [3.8, 4) is 0 Å². The molecule has 1 aromatic rings. The summed E-state index contributed by atoms with van der Waals surface area (Å²) in [6, 6.07) is 3.75. The van der Waals surface area contributed by atoms with Crippen molar-refractivity contribution in [1.82, 2.24) is 15.5 Å². The number of carbonyl (C=O) groups excluding carboxylic acids is 1. The second-order valence-corrected chi connectivity index (χ2v) is 6.75. The Morgan fingerprint density at radius 3 is 3.00 bits per heavy atom. The second-order valence-electron chi connectivity index (χ2n) is 6.75. The quantitative estimate of drug-likeness (QED) is 0.398. The Morgan fingerprint density at radius 1 is 1.42 bits per heavy atom. The Hall–Kier alpha value is -2.02. The van der Waals surface area contributed by atoms with E-state index in [0.717, 1.165) is 44.2 Å². The molecule has 0 bridgehead atoms. The number of hydrogen-bond donors (Lipinski definition) is 2. The summed E-state index contributed by atoms with van der Waals surface area (Å²) < 4.78 is 10.7. The van der Waals surface area contributed by atoms with Crippen molar-refractivity contribution in [3.05, 3.63) is 24.2 Å². The van der Waals surface area contributed by atoms with Crippen LogP contribution in [0.5, 0.6) is 0 Å². The van der Waals surface area contributed by atoms with Crippen LogP contribution in [-0.4, -0.2) is 56.6 Å². The van der Waals surface area contributed by atoms with E-state index in [-0.39, 0.29) is 5.91 Å². The number of likely N-dealkylation sites (tertiary alicyclic amines) is 1. The molecule has 146 valence electrons. The van der Waals surface area contributed by atoms with E-state index >= 15 is 0 Å². The molecule has 1 amide bonds. The van der Waals surface area contributed by atoms with Crippen molar-refractivity contribution < 1.29 is 13.9 Å². The lowest BCUT2D eigenvalue weighted by atomic mass is 10.00. The summed E-state index contributed by atoms with van der Waals surface area (Å²) in [6.07, 6.45) is 5.35. The van der Waals surface area contributed by atoms with Gasteiger partial charge in [-0.25, -0.2) is 0 Å². The molecule has 1 aliphatic rings. The van der Waals surface area contributed by atoms with Crippen LogP contribution >= 0.6 is 0 Å². The summed E-state index contributed by atoms with van der Waals surface area (Å²) in [7, 11) is 1.73. The highest BCUT2D eigenvalue weighted by Crippen LogP contribution is 2.15. The Balaban J connectivity index is 1.51. The second kappa shape index (κ2) is 11.6. The normalized spacial score (nSPS) is 18.0. The van der Waals surface area contributed by atoms with E-state index in [0.29, 0.717) is 32.1 Å². The third-order valence-electron chi connectivity index (χ3n) is 4.45. The smallest absolute Gasteiger partial charge is 0.224 e. The molecule has 1 atom stereocenters. The zero-order valence-corrected chi connectivity index (χ0v) is 16.0. The van der Waals surface area contributed by atoms with Crippen LogP contribution in [0.15, 0.2) is 27.8 Å². The van der Waals surface area contributed by atoms with Crippen LogP contribution in [0.25, 0.3) is 0 Å². The number of amides is 1. The third-order valence-corrected chi connectivity index (χ3v) is 4.45. The van der Waals surface area contributed by atoms with Gasteiger partial charge in [-0.2, -0.15) is 0 Å². The zero-order chi connectivity index (χ0) is 18.6. The van der Waals surface area contributed by atoms with Crippen LogP contribution in [0.4, 0.5) is 0 Å². The molecular weight excluding hydrogens is 332 g/mol. The van der Waals surface area contributed by atoms with Gasteiger partial charge in [-0.05, 0) is 37.3 Å². The number of rotatable bonds is 9. The number of furan rings is 1. The fraction of sp³-hybridized carbons (Fsp3) is 0.684. The summed E-state index contributed by atoms with van der Waals surface area (Å²) in [5.74, 6) is 2.40. The number of carbonyl (C=O) groups is 1. The molecule has 0 radical (unpaired) electrons. The van der Waals surface area contributed by atoms with Gasteiger partial charge in [-0.15, -0.1) is 0 Å². The minimum Gasteiger partial charge on any atom is -0.467 e. The molecule has 0 aromatic carbocycles. The molecule has 0 aliphatic carbocycles. The standard InChI is InChI=1S/C19H32N4O3/c1-16-6-3-11-23(14-16)18(24)8-10-22-19(20-2)21-9-5-12-25-15-17-7-4-13-26-17/h4,7,13,16H,3,5-6,8-12,14-15H2,1-2H3,(H2,20,21,22). The van der Waals surface area contributed by atoms with Gasteiger partial charge in [0.25, 0.3) is 0 Å². The maximum Gasteiger partial charge on any atom is 0.224 e. The number of guanidine groups is 1. The van der Waals surface area contributed by atoms with Gasteiger partial charge in [0.05, 0.1) is 6.26 Å². The number of ether oxygens (including phenoxy) is 1. The molecule has 1 fully saturated rings. The fourth-order valence-electron chi connectivity index (χ4n) is 3.03. The molecule has 0 saturated carbocycles. The highest BCUT2D eigenvalue weighted by Gasteiger charge is 2.20. The minimum absolute atomic E-state index is 0.228. The number of piperidine rings is 1. The number of nitrogens with zero attached hydrogens (tertiary/aromatic N) is 2. The third kappa shape index (κ3) is 7.47. The first-order valence-electron chi connectivity index (χ1n) is 9.51. The first-order valence-corrected chi connectivity index (χ1v) is 9.51. The summed E-state index contributed by atoms with van der Waals surface area (Å²) in [5, 5.41) is 6.43. The van der Waals surface area contributed by atoms with E-state index in [4.69, 9.17) is 9.15 Å². The minimum atomic E-state index is 0.228. The van der Waals surface area contributed by atoms with E-state index in [1.165, 1.54) is 6.42 Å². The van der Waals surface area contributed by atoms with Crippen molar-refractivity contribution in [2.45, 2.75) is 39.2 Å². The molecule has 2 rings (SSSR count). The van der Waals surface area contributed by atoms with Crippen molar-refractivity contribution in [2.24, 2.45) is 10.9 Å². The van der Waals surface area contributed by atoms with Gasteiger partial charge in [0, 0.05) is 46.3 Å². The van der Waals surface area contributed by atoms with E-state index in [9.17, 15) is 4.79 Å². The van der Waals surface area contributed by atoms with E-state index in [1.54, 1.807) is 13.3 Å². The van der Waals surface area contributed by atoms with E-state index < -0.39 is 0 Å². The van der Waals surface area contributed by atoms with E-state index in [2.05, 4.69) is 22.5 Å². The van der Waals surface area contributed by atoms with Crippen LogP contribution in [0.2, 0.25) is 0 Å². The highest BCUT2D eigenvalue weighted by molar-refractivity contribution is 5.81. The van der Waals surface area contributed by atoms with Crippen LogP contribution in [0.1, 0.15) is 38.4 Å². The Morgan fingerprint density at radius 2 is 2.27 bits per heavy atom. The maximum atomic E-state index is 12.2. The average molecular weight is 364 g/mol. The van der Waals surface area contributed by atoms with Crippen LogP contribution < -0.4 is 10.6 Å². The maximum absolute atomic E-state index is 12.2. The topological polar surface area (TPSA) is 79.1 Å². The van der Waals surface area contributed by atoms with Gasteiger partial charge < -0.3 is 24.7 Å². The summed E-state index contributed by atoms with van der Waals surface area (Å²) >= 11 is 0. The van der Waals surface area contributed by atoms with Gasteiger partial charge in [0.1, 0.15) is 12.4 Å². The Labute approximate surface area is 156 Å². The molecule has 0 spiro atoms. The Kier molecular flexibility index (Phi) is 9.03. The largest absolute Gasteiger partial charge is 0.467 e. The molecule has 1 aromatic heterocycles. The van der Waals surface area contributed by atoms with Gasteiger partial charge >= 0.3 is 0 Å². The van der Waals surface area contributed by atoms with Gasteiger partial charge in [-0.3, -0.25) is 9.79 Å². The zero-order valence-electron chi connectivity index (χ0n) is 16.0. The number of aliphatic imine (C=N–C) groups is 1. The van der Waals surface area contributed by atoms with Crippen molar-refractivity contribution >= 4 is 11.9 Å². The monoisotopic (exact) mass is 364 g/mol. The average Bonchev–Trinajstić information content (AvgIpc) is 3.16. The predicted octanol–water partition coefficient (Wildman–Crippen LogP) is 2.00. The summed E-state index contributed by atoms with van der Waals surface area (Å²) in [4.78, 5) is 18.4. The fourth-order valence-corrected chi connectivity index (χ4v) is 3.03. The molecule has 1 aliphatic heterocycles. The van der Waals surface area contributed by atoms with Crippen LogP contribution in [-0.2, 0) is 16.1 Å². The summed E-state index contributed by atoms with van der Waals surface area (Å²) in [5.41, 5.74) is 0. The highest BCUT2D eigenvalue weighted by atomic mass is 16.5. The molecule has 1 unspecified atom stereocenters. The van der Waals surface area contributed by atoms with Gasteiger partial charge in [0.2, 0.25) is 5.91 Å². The molecular formula is C19H32N4O3. The lowest BCUT2D eigenvalue weighted by Gasteiger charge is -2.31. The van der Waals surface area contributed by atoms with E-state index in [1.807, 2.05) is 17.0 Å². The molecule has 7 nitrogen and oxygen atoms in total. The lowest BCUT2D eigenvalue weighted by Crippen LogP contribution is -2.42.